The summed E-state index contributed by atoms with van der Waals surface area (Å²) >= 11 is 0. The van der Waals surface area contributed by atoms with Gasteiger partial charge in [-0.05, 0) is 88.6 Å². The number of carbonyl (C=O) groups excluding carboxylic acids is 9. The van der Waals surface area contributed by atoms with Crippen molar-refractivity contribution in [2.45, 2.75) is 146 Å². The van der Waals surface area contributed by atoms with Gasteiger partial charge < -0.3 is 91.0 Å². The number of amides is 9. The van der Waals surface area contributed by atoms with Crippen molar-refractivity contribution < 1.29 is 83.1 Å². The van der Waals surface area contributed by atoms with Crippen molar-refractivity contribution in [3.63, 3.8) is 0 Å². The van der Waals surface area contributed by atoms with Gasteiger partial charge in [0.05, 0.1) is 25.5 Å². The van der Waals surface area contributed by atoms with E-state index < -0.39 is 158 Å². The first-order valence-electron chi connectivity index (χ1n) is 23.7. The topological polar surface area (TPSA) is 506 Å². The largest absolute Gasteiger partial charge is 0.508 e. The van der Waals surface area contributed by atoms with Crippen LogP contribution in [0.5, 0.6) is 5.75 Å². The molecular formula is C45H72N12O17. The molecule has 0 spiro atoms. The second-order valence-electron chi connectivity index (χ2n) is 17.6. The number of nitrogens with two attached hydrogens (primary N) is 4. The molecule has 29 heteroatoms. The van der Waals surface area contributed by atoms with Crippen LogP contribution in [-0.2, 0) is 64.0 Å². The summed E-state index contributed by atoms with van der Waals surface area (Å²) in [5.41, 5.74) is 23.0. The van der Waals surface area contributed by atoms with Crippen molar-refractivity contribution in [2.75, 3.05) is 19.7 Å². The molecule has 0 radical (unpaired) electrons. The third-order valence-electron chi connectivity index (χ3n) is 11.1. The van der Waals surface area contributed by atoms with Gasteiger partial charge in [0, 0.05) is 12.8 Å². The summed E-state index contributed by atoms with van der Waals surface area (Å²) in [7, 11) is 0. The second-order valence-corrected chi connectivity index (χ2v) is 17.6. The predicted molar refractivity (Wildman–Crippen MR) is 259 cm³/mol. The van der Waals surface area contributed by atoms with Crippen molar-refractivity contribution >= 4 is 71.1 Å². The fraction of sp³-hybridized carbons (Fsp3) is 0.600. The van der Waals surface area contributed by atoms with E-state index in [1.54, 1.807) is 13.8 Å². The number of primary amides is 1. The van der Waals surface area contributed by atoms with Crippen LogP contribution in [0, 0.1) is 5.92 Å². The van der Waals surface area contributed by atoms with Crippen LogP contribution in [-0.4, -0.2) is 171 Å². The Morgan fingerprint density at radius 3 is 1.34 bits per heavy atom. The van der Waals surface area contributed by atoms with Crippen LogP contribution in [0.1, 0.15) is 90.5 Å². The number of aromatic hydroxyl groups is 1. The number of phenols is 1. The van der Waals surface area contributed by atoms with Gasteiger partial charge in [-0.15, -0.1) is 0 Å². The van der Waals surface area contributed by atoms with Crippen LogP contribution in [0.25, 0.3) is 0 Å². The highest BCUT2D eigenvalue weighted by Gasteiger charge is 2.36. The lowest BCUT2D eigenvalue weighted by Gasteiger charge is -2.28. The Morgan fingerprint density at radius 2 is 0.905 bits per heavy atom. The molecular weight excluding hydrogens is 981 g/mol. The number of carboxylic acids is 3. The number of phenolic OH excluding ortho intramolecular Hbond substituents is 1. The Morgan fingerprint density at radius 1 is 0.500 bits per heavy atom. The highest BCUT2D eigenvalue weighted by atomic mass is 16.4. The van der Waals surface area contributed by atoms with E-state index in [0.717, 1.165) is 6.92 Å². The predicted octanol–water partition coefficient (Wildman–Crippen LogP) is -5.63. The summed E-state index contributed by atoms with van der Waals surface area (Å²) < 4.78 is 0. The molecule has 0 aromatic heterocycles. The molecule has 1 rings (SSSR count). The van der Waals surface area contributed by atoms with Crippen molar-refractivity contribution in [1.82, 2.24) is 42.5 Å². The van der Waals surface area contributed by atoms with Crippen molar-refractivity contribution in [3.8, 4) is 5.75 Å². The number of benzene rings is 1. The zero-order chi connectivity index (χ0) is 56.2. The minimum atomic E-state index is -1.93. The molecule has 0 aliphatic heterocycles. The minimum Gasteiger partial charge on any atom is -0.508 e. The van der Waals surface area contributed by atoms with Gasteiger partial charge in [0.25, 0.3) is 0 Å². The highest BCUT2D eigenvalue weighted by Crippen LogP contribution is 2.14. The third-order valence-corrected chi connectivity index (χ3v) is 11.1. The number of aliphatic hydroxyl groups excluding tert-OH is 1. The Bertz CT molecular complexity index is 2110. The summed E-state index contributed by atoms with van der Waals surface area (Å²) in [6, 6.07) is -9.09. The summed E-state index contributed by atoms with van der Waals surface area (Å²) in [5, 5.41) is 65.7. The lowest BCUT2D eigenvalue weighted by molar-refractivity contribution is -0.144. The number of hydrogen-bond donors (Lipinski definition) is 17. The van der Waals surface area contributed by atoms with Gasteiger partial charge in [-0.2, -0.15) is 0 Å². The third kappa shape index (κ3) is 24.3. The molecule has 0 aliphatic rings. The number of carboxylic acid groups (broad SMARTS) is 3. The zero-order valence-corrected chi connectivity index (χ0v) is 41.4. The maximum Gasteiger partial charge on any atom is 0.328 e. The van der Waals surface area contributed by atoms with Gasteiger partial charge in [-0.1, -0.05) is 26.0 Å². The monoisotopic (exact) mass is 1050 g/mol. The number of rotatable bonds is 36. The van der Waals surface area contributed by atoms with Gasteiger partial charge in [-0.3, -0.25) is 52.7 Å². The lowest BCUT2D eigenvalue weighted by atomic mass is 10.0. The average Bonchev–Trinajstić information content (AvgIpc) is 3.32. The van der Waals surface area contributed by atoms with Gasteiger partial charge >= 0.3 is 17.9 Å². The number of aliphatic carboxylic acids is 3. The second kappa shape index (κ2) is 33.3. The first kappa shape index (κ1) is 64.5. The fourth-order valence-corrected chi connectivity index (χ4v) is 6.73. The summed E-state index contributed by atoms with van der Waals surface area (Å²) in [4.78, 5) is 156. The minimum absolute atomic E-state index is 0.111. The molecule has 0 saturated carbocycles. The van der Waals surface area contributed by atoms with Crippen LogP contribution >= 0.6 is 0 Å². The molecule has 9 atom stereocenters. The fourth-order valence-electron chi connectivity index (χ4n) is 6.73. The smallest absolute Gasteiger partial charge is 0.328 e. The maximum atomic E-state index is 14.2. The normalized spacial score (nSPS) is 14.6. The van der Waals surface area contributed by atoms with Crippen molar-refractivity contribution in [2.24, 2.45) is 28.9 Å². The SMILES string of the molecule is CC(C)[C@H](N)C(=O)N[C@@H](CCC(=O)O)C(=O)N[C@@H](CCCCN)C(=O)N[C@@H](CC(N)=O)C(=O)N[C@@H](CCCCN)C(=O)N[C@@H](Cc1ccc(O)cc1)C(=O)N[C@@H](CC(=O)O)C(=O)N[C@@H](C)C(=O)N[C@@H](CO)C(=O)O. The van der Waals surface area contributed by atoms with E-state index in [9.17, 15) is 78.0 Å². The van der Waals surface area contributed by atoms with E-state index in [4.69, 9.17) is 28.0 Å². The lowest BCUT2D eigenvalue weighted by Crippen LogP contribution is -2.61. The number of unbranched alkanes of at least 4 members (excludes halogenated alkanes) is 2. The molecule has 0 unspecified atom stereocenters. The number of hydrogen-bond acceptors (Lipinski definition) is 17. The van der Waals surface area contributed by atoms with Gasteiger partial charge in [-0.25, -0.2) is 4.79 Å². The molecule has 0 heterocycles. The Labute approximate surface area is 425 Å². The van der Waals surface area contributed by atoms with Gasteiger partial charge in [0.15, 0.2) is 0 Å². The quantitative estimate of drug-likeness (QED) is 0.0279. The Hall–Kier alpha value is -7.50. The van der Waals surface area contributed by atoms with E-state index in [-0.39, 0.29) is 56.9 Å². The summed E-state index contributed by atoms with van der Waals surface area (Å²) in [5.74, 6) is -14.7. The molecule has 0 saturated heterocycles. The van der Waals surface area contributed by atoms with Crippen LogP contribution in [0.3, 0.4) is 0 Å². The zero-order valence-electron chi connectivity index (χ0n) is 41.4. The number of nitrogens with one attached hydrogen (secondary N) is 8. The van der Waals surface area contributed by atoms with Gasteiger partial charge in [0.2, 0.25) is 53.2 Å². The maximum absolute atomic E-state index is 14.2. The van der Waals surface area contributed by atoms with Crippen molar-refractivity contribution in [1.29, 1.82) is 0 Å². The van der Waals surface area contributed by atoms with E-state index in [0.29, 0.717) is 18.4 Å². The van der Waals surface area contributed by atoms with E-state index in [1.807, 2.05) is 5.32 Å². The van der Waals surface area contributed by atoms with Crippen LogP contribution < -0.4 is 65.5 Å². The van der Waals surface area contributed by atoms with Crippen LogP contribution in [0.15, 0.2) is 24.3 Å². The molecule has 1 aromatic rings. The molecule has 0 fully saturated rings. The molecule has 21 N–H and O–H groups in total. The standard InChI is InChI=1S/C45H72N12O17/c1-22(2)36(49)44(72)53-28(14-15-34(61)62)40(68)51-26(8-4-6-16-46)39(67)55-30(19-33(48)60)43(71)52-27(9-5-7-17-47)38(66)54-29(18-24-10-12-25(59)13-11-24)42(70)56-31(20-35(63)64)41(69)50-23(3)37(65)57-32(21-58)45(73)74/h10-13,22-23,26-32,36,58-59H,4-9,14-21,46-47,49H2,1-3H3,(H2,48,60)(H,50,69)(H,51,68)(H,52,71)(H,53,72)(H,54,66)(H,55,67)(H,56,70)(H,57,65)(H,61,62)(H,63,64)(H,73,74)/t23-,26-,27-,28-,29-,30-,31-,32-,36-/m0/s1. The molecule has 29 nitrogen and oxygen atoms in total. The first-order valence-corrected chi connectivity index (χ1v) is 23.7. The van der Waals surface area contributed by atoms with Crippen LogP contribution in [0.4, 0.5) is 0 Å². The van der Waals surface area contributed by atoms with E-state index in [2.05, 4.69) is 37.2 Å². The highest BCUT2D eigenvalue weighted by molar-refractivity contribution is 5.99. The molecule has 414 valence electrons. The van der Waals surface area contributed by atoms with Gasteiger partial charge in [0.1, 0.15) is 54.1 Å². The molecule has 0 bridgehead atoms. The molecule has 9 amide bonds. The van der Waals surface area contributed by atoms with E-state index >= 15 is 0 Å². The molecule has 74 heavy (non-hydrogen) atoms. The summed E-state index contributed by atoms with van der Waals surface area (Å²) in [6.45, 7) is 3.68. The number of carbonyl (C=O) groups is 12. The Balaban J connectivity index is 3.60. The van der Waals surface area contributed by atoms with Crippen molar-refractivity contribution in [3.05, 3.63) is 29.8 Å². The van der Waals surface area contributed by atoms with E-state index in [1.165, 1.54) is 24.3 Å². The first-order chi connectivity index (χ1) is 34.7. The molecule has 0 aliphatic carbocycles. The number of aliphatic hydroxyl groups is 1. The summed E-state index contributed by atoms with van der Waals surface area (Å²) in [6.07, 6.45) is -2.52. The average molecular weight is 1050 g/mol. The molecule has 1 aromatic carbocycles. The Kier molecular flexibility index (Phi) is 29.0. The van der Waals surface area contributed by atoms with Crippen LogP contribution in [0.2, 0.25) is 0 Å².